The van der Waals surface area contributed by atoms with Crippen molar-refractivity contribution >= 4 is 17.2 Å². The first-order chi connectivity index (χ1) is 9.69. The summed E-state index contributed by atoms with van der Waals surface area (Å²) in [6.07, 6.45) is 2.28. The van der Waals surface area contributed by atoms with Crippen LogP contribution in [0.15, 0.2) is 29.6 Å². The minimum atomic E-state index is 0.126. The van der Waals surface area contributed by atoms with Crippen LogP contribution < -0.4 is 5.32 Å². The van der Waals surface area contributed by atoms with Crippen LogP contribution >= 0.6 is 11.3 Å². The molecule has 1 aromatic heterocycles. The monoisotopic (exact) mass is 288 g/mol. The van der Waals surface area contributed by atoms with Crippen LogP contribution in [0.4, 0.5) is 0 Å². The van der Waals surface area contributed by atoms with Gasteiger partial charge in [0.1, 0.15) is 5.01 Å². The van der Waals surface area contributed by atoms with E-state index in [1.807, 2.05) is 6.92 Å². The average molecular weight is 288 g/mol. The molecule has 1 heterocycles. The average Bonchev–Trinajstić information content (AvgIpc) is 2.89. The fourth-order valence-corrected chi connectivity index (χ4v) is 2.76. The van der Waals surface area contributed by atoms with Crippen LogP contribution in [-0.2, 0) is 11.2 Å². The predicted molar refractivity (Wildman–Crippen MR) is 83.9 cm³/mol. The second-order valence-electron chi connectivity index (χ2n) is 4.86. The lowest BCUT2D eigenvalue weighted by Crippen LogP contribution is -2.25. The van der Waals surface area contributed by atoms with Gasteiger partial charge in [0.25, 0.3) is 0 Å². The second kappa shape index (κ2) is 7.20. The van der Waals surface area contributed by atoms with Gasteiger partial charge in [0.05, 0.1) is 5.69 Å². The normalized spacial score (nSPS) is 10.5. The first-order valence-electron chi connectivity index (χ1n) is 6.97. The van der Waals surface area contributed by atoms with Crippen molar-refractivity contribution in [2.45, 2.75) is 33.1 Å². The first-order valence-corrected chi connectivity index (χ1v) is 7.85. The molecule has 2 rings (SSSR count). The van der Waals surface area contributed by atoms with Crippen molar-refractivity contribution in [3.63, 3.8) is 0 Å². The molecule has 106 valence electrons. The maximum atomic E-state index is 11.4. The topological polar surface area (TPSA) is 42.0 Å². The van der Waals surface area contributed by atoms with Crippen molar-refractivity contribution in [3.8, 4) is 10.6 Å². The number of carbonyl (C=O) groups is 1. The SMILES string of the molecule is CCCC(=O)NCCc1csc(-c2ccc(C)cc2)n1. The number of carbonyl (C=O) groups excluding carboxylic acids is 1. The Bertz CT molecular complexity index is 560. The number of thiazole rings is 1. The summed E-state index contributed by atoms with van der Waals surface area (Å²) in [5, 5.41) is 6.03. The Morgan fingerprint density at radius 2 is 2.05 bits per heavy atom. The number of benzene rings is 1. The molecule has 3 nitrogen and oxygen atoms in total. The van der Waals surface area contributed by atoms with E-state index in [0.717, 1.165) is 29.1 Å². The molecule has 0 spiro atoms. The smallest absolute Gasteiger partial charge is 0.219 e. The molecule has 4 heteroatoms. The van der Waals surface area contributed by atoms with Gasteiger partial charge in [-0.05, 0) is 13.3 Å². The number of aromatic nitrogens is 1. The van der Waals surface area contributed by atoms with Crippen LogP contribution in [0, 0.1) is 6.92 Å². The summed E-state index contributed by atoms with van der Waals surface area (Å²) in [7, 11) is 0. The van der Waals surface area contributed by atoms with Gasteiger partial charge in [-0.3, -0.25) is 4.79 Å². The fraction of sp³-hybridized carbons (Fsp3) is 0.375. The van der Waals surface area contributed by atoms with E-state index in [0.29, 0.717) is 13.0 Å². The second-order valence-corrected chi connectivity index (χ2v) is 5.72. The molecule has 0 atom stereocenters. The number of rotatable bonds is 6. The summed E-state index contributed by atoms with van der Waals surface area (Å²) < 4.78 is 0. The van der Waals surface area contributed by atoms with Crippen molar-refractivity contribution in [1.29, 1.82) is 0 Å². The van der Waals surface area contributed by atoms with Crippen molar-refractivity contribution in [1.82, 2.24) is 10.3 Å². The van der Waals surface area contributed by atoms with E-state index in [4.69, 9.17) is 0 Å². The minimum Gasteiger partial charge on any atom is -0.356 e. The minimum absolute atomic E-state index is 0.126. The Hall–Kier alpha value is -1.68. The summed E-state index contributed by atoms with van der Waals surface area (Å²) in [4.78, 5) is 16.0. The van der Waals surface area contributed by atoms with E-state index >= 15 is 0 Å². The molecule has 0 aliphatic heterocycles. The van der Waals surface area contributed by atoms with Crippen molar-refractivity contribution < 1.29 is 4.79 Å². The van der Waals surface area contributed by atoms with Crippen LogP contribution in [0.5, 0.6) is 0 Å². The Balaban J connectivity index is 1.89. The number of hydrogen-bond acceptors (Lipinski definition) is 3. The Kier molecular flexibility index (Phi) is 5.30. The van der Waals surface area contributed by atoms with E-state index in [-0.39, 0.29) is 5.91 Å². The zero-order chi connectivity index (χ0) is 14.4. The largest absolute Gasteiger partial charge is 0.356 e. The highest BCUT2D eigenvalue weighted by molar-refractivity contribution is 7.13. The highest BCUT2D eigenvalue weighted by atomic mass is 32.1. The highest BCUT2D eigenvalue weighted by Crippen LogP contribution is 2.24. The van der Waals surface area contributed by atoms with Gasteiger partial charge in [0, 0.05) is 30.3 Å². The van der Waals surface area contributed by atoms with Gasteiger partial charge < -0.3 is 5.32 Å². The number of nitrogens with zero attached hydrogens (tertiary/aromatic N) is 1. The first kappa shape index (κ1) is 14.7. The van der Waals surface area contributed by atoms with Gasteiger partial charge in [-0.15, -0.1) is 11.3 Å². The van der Waals surface area contributed by atoms with Crippen molar-refractivity contribution in [2.75, 3.05) is 6.54 Å². The molecule has 1 amide bonds. The Morgan fingerprint density at radius 3 is 2.75 bits per heavy atom. The molecule has 2 aromatic rings. The summed E-state index contributed by atoms with van der Waals surface area (Å²) >= 11 is 1.65. The molecule has 1 aromatic carbocycles. The van der Waals surface area contributed by atoms with Crippen LogP contribution in [0.25, 0.3) is 10.6 Å². The number of aryl methyl sites for hydroxylation is 1. The van der Waals surface area contributed by atoms with Gasteiger partial charge in [-0.25, -0.2) is 4.98 Å². The molecular weight excluding hydrogens is 268 g/mol. The summed E-state index contributed by atoms with van der Waals surface area (Å²) in [5.41, 5.74) is 3.45. The lowest BCUT2D eigenvalue weighted by atomic mass is 10.2. The standard InChI is InChI=1S/C16H20N2OS/c1-3-4-15(19)17-10-9-14-11-20-16(18-14)13-7-5-12(2)6-8-13/h5-8,11H,3-4,9-10H2,1-2H3,(H,17,19). The molecule has 0 aliphatic carbocycles. The van der Waals surface area contributed by atoms with Crippen LogP contribution in [0.2, 0.25) is 0 Å². The van der Waals surface area contributed by atoms with E-state index < -0.39 is 0 Å². The maximum Gasteiger partial charge on any atom is 0.219 e. The van der Waals surface area contributed by atoms with E-state index in [9.17, 15) is 4.79 Å². The molecule has 0 unspecified atom stereocenters. The van der Waals surface area contributed by atoms with Crippen LogP contribution in [-0.4, -0.2) is 17.4 Å². The molecular formula is C16H20N2OS. The lowest BCUT2D eigenvalue weighted by Gasteiger charge is -2.02. The molecule has 0 saturated heterocycles. The van der Waals surface area contributed by atoms with Gasteiger partial charge in [-0.1, -0.05) is 36.8 Å². The van der Waals surface area contributed by atoms with Crippen LogP contribution in [0.1, 0.15) is 31.0 Å². The maximum absolute atomic E-state index is 11.4. The predicted octanol–water partition coefficient (Wildman–Crippen LogP) is 3.58. The number of amides is 1. The molecule has 20 heavy (non-hydrogen) atoms. The highest BCUT2D eigenvalue weighted by Gasteiger charge is 2.05. The molecule has 0 saturated carbocycles. The molecule has 1 N–H and O–H groups in total. The number of nitrogens with one attached hydrogen (secondary N) is 1. The van der Waals surface area contributed by atoms with Crippen molar-refractivity contribution in [3.05, 3.63) is 40.9 Å². The van der Waals surface area contributed by atoms with Gasteiger partial charge >= 0.3 is 0 Å². The quantitative estimate of drug-likeness (QED) is 0.883. The third-order valence-corrected chi connectivity index (χ3v) is 3.97. The molecule has 0 fully saturated rings. The molecule has 0 aliphatic rings. The van der Waals surface area contributed by atoms with Gasteiger partial charge in [-0.2, -0.15) is 0 Å². The van der Waals surface area contributed by atoms with Gasteiger partial charge in [0.2, 0.25) is 5.91 Å². The van der Waals surface area contributed by atoms with E-state index in [2.05, 4.69) is 46.9 Å². The zero-order valence-electron chi connectivity index (χ0n) is 12.0. The zero-order valence-corrected chi connectivity index (χ0v) is 12.8. The van der Waals surface area contributed by atoms with E-state index in [1.54, 1.807) is 11.3 Å². The van der Waals surface area contributed by atoms with Crippen molar-refractivity contribution in [2.24, 2.45) is 0 Å². The molecule has 0 bridgehead atoms. The Labute approximate surface area is 124 Å². The Morgan fingerprint density at radius 1 is 1.30 bits per heavy atom. The van der Waals surface area contributed by atoms with E-state index in [1.165, 1.54) is 5.56 Å². The third kappa shape index (κ3) is 4.17. The summed E-state index contributed by atoms with van der Waals surface area (Å²) in [6.45, 7) is 4.75. The number of hydrogen-bond donors (Lipinski definition) is 1. The lowest BCUT2D eigenvalue weighted by molar-refractivity contribution is -0.121. The molecule has 0 radical (unpaired) electrons. The summed E-state index contributed by atoms with van der Waals surface area (Å²) in [5.74, 6) is 0.126. The fourth-order valence-electron chi connectivity index (χ4n) is 1.90. The van der Waals surface area contributed by atoms with Crippen LogP contribution in [0.3, 0.4) is 0 Å². The summed E-state index contributed by atoms with van der Waals surface area (Å²) in [6, 6.07) is 8.39. The van der Waals surface area contributed by atoms with Gasteiger partial charge in [0.15, 0.2) is 0 Å². The third-order valence-electron chi connectivity index (χ3n) is 3.03.